The van der Waals surface area contributed by atoms with Gasteiger partial charge in [-0.15, -0.1) is 34.5 Å². The Balaban J connectivity index is 2.24. The highest BCUT2D eigenvalue weighted by molar-refractivity contribution is 8.75. The van der Waals surface area contributed by atoms with Crippen LogP contribution in [0.4, 0.5) is 0 Å². The number of unbranched alkanes of at least 4 members (excludes halogenated alkanes) is 8. The van der Waals surface area contributed by atoms with Crippen LogP contribution in [0.5, 0.6) is 0 Å². The maximum absolute atomic E-state index is 6.80. The van der Waals surface area contributed by atoms with Crippen molar-refractivity contribution in [1.82, 2.24) is 0 Å². The summed E-state index contributed by atoms with van der Waals surface area (Å²) >= 11 is 20.8. The highest BCUT2D eigenvalue weighted by Crippen LogP contribution is 2.72. The first-order valence-corrected chi connectivity index (χ1v) is 28.1. The molecular weight excluding hydrogens is 631 g/mol. The quantitative estimate of drug-likeness (QED) is 0.0557. The second kappa shape index (κ2) is 23.6. The van der Waals surface area contributed by atoms with Gasteiger partial charge in [0.25, 0.3) is 0 Å². The van der Waals surface area contributed by atoms with Crippen molar-refractivity contribution in [2.45, 2.75) is 202 Å². The number of thioether (sulfide) groups is 1. The molecule has 41 heavy (non-hydrogen) atoms. The Morgan fingerprint density at radius 2 is 0.878 bits per heavy atom. The maximum atomic E-state index is 6.80. The fourth-order valence-corrected chi connectivity index (χ4v) is 31.4. The summed E-state index contributed by atoms with van der Waals surface area (Å²) in [6.07, 6.45) is 36.2. The van der Waals surface area contributed by atoms with Gasteiger partial charge in [0.05, 0.1) is 9.16 Å². The van der Waals surface area contributed by atoms with E-state index in [9.17, 15) is 0 Å². The summed E-state index contributed by atoms with van der Waals surface area (Å²) in [6, 6.07) is 0. The molecule has 4 atom stereocenters. The van der Waals surface area contributed by atoms with Gasteiger partial charge in [-0.05, 0) is 62.2 Å². The molecule has 2 aliphatic carbocycles. The number of hydrogen-bond acceptors (Lipinski definition) is 5. The molecule has 0 bridgehead atoms. The summed E-state index contributed by atoms with van der Waals surface area (Å²) in [5, 5.41) is -2.79. The smallest absolute Gasteiger partial charge is 0.0562 e. The minimum Gasteiger partial charge on any atom is -0.132 e. The zero-order valence-corrected chi connectivity index (χ0v) is 33.5. The third kappa shape index (κ3) is 15.7. The summed E-state index contributed by atoms with van der Waals surface area (Å²) < 4.78 is 1.39. The third-order valence-electron chi connectivity index (χ3n) is 9.31. The highest BCUT2D eigenvalue weighted by atomic mass is 32.9. The van der Waals surface area contributed by atoms with Crippen molar-refractivity contribution in [1.29, 1.82) is 0 Å². The molecule has 0 N–H and O–H groups in total. The standard InChI is InChI=1S/C34H68P2S5/c1-5-9-11-13-21-27-33(40-35(37,29-7-3)31-23-17-15-18-24-31)39-34(28-22-14-12-10-6-2)41-36(38,30-8-4)32-25-19-16-20-26-32/h31-34H,5-30H2,1-4H3. The Morgan fingerprint density at radius 1 is 0.512 bits per heavy atom. The fraction of sp³-hybridized carbons (Fsp3) is 1.00. The predicted molar refractivity (Wildman–Crippen MR) is 210 cm³/mol. The summed E-state index contributed by atoms with van der Waals surface area (Å²) in [6.45, 7) is 9.48. The molecule has 0 saturated heterocycles. The van der Waals surface area contributed by atoms with E-state index in [-0.39, 0.29) is 0 Å². The molecule has 2 fully saturated rings. The van der Waals surface area contributed by atoms with Crippen LogP contribution in [0.3, 0.4) is 0 Å². The Labute approximate surface area is 281 Å². The van der Waals surface area contributed by atoms with Crippen LogP contribution in [0, 0.1) is 0 Å². The zero-order chi connectivity index (χ0) is 29.8. The normalized spacial score (nSPS) is 21.8. The fourth-order valence-electron chi connectivity index (χ4n) is 6.90. The zero-order valence-electron chi connectivity index (χ0n) is 27.6. The average molecular weight is 699 g/mol. The molecule has 2 saturated carbocycles. The van der Waals surface area contributed by atoms with Crippen molar-refractivity contribution >= 4 is 68.6 Å². The predicted octanol–water partition coefficient (Wildman–Crippen LogP) is 14.8. The second-order valence-corrected chi connectivity index (χ2v) is 32.4. The minimum absolute atomic E-state index is 0.695. The van der Waals surface area contributed by atoms with Crippen molar-refractivity contribution in [3.05, 3.63) is 0 Å². The van der Waals surface area contributed by atoms with E-state index in [0.29, 0.717) is 9.16 Å². The molecule has 0 amide bonds. The molecule has 0 aliphatic heterocycles. The van der Waals surface area contributed by atoms with Gasteiger partial charge >= 0.3 is 0 Å². The molecule has 0 aromatic carbocycles. The van der Waals surface area contributed by atoms with E-state index >= 15 is 0 Å². The molecule has 7 heteroatoms. The molecule has 244 valence electrons. The minimum atomic E-state index is -1.40. The lowest BCUT2D eigenvalue weighted by Gasteiger charge is -2.38. The highest BCUT2D eigenvalue weighted by Gasteiger charge is 2.36. The monoisotopic (exact) mass is 698 g/mol. The van der Waals surface area contributed by atoms with Crippen molar-refractivity contribution in [2.75, 3.05) is 12.3 Å². The topological polar surface area (TPSA) is 0 Å². The van der Waals surface area contributed by atoms with Crippen LogP contribution in [0.1, 0.15) is 182 Å². The van der Waals surface area contributed by atoms with Gasteiger partial charge in [0.2, 0.25) is 0 Å². The first-order valence-electron chi connectivity index (χ1n) is 18.1. The van der Waals surface area contributed by atoms with E-state index in [1.165, 1.54) is 166 Å². The molecule has 0 heterocycles. The van der Waals surface area contributed by atoms with Crippen LogP contribution in [0.2, 0.25) is 0 Å². The average Bonchev–Trinajstić information content (AvgIpc) is 2.98. The van der Waals surface area contributed by atoms with Gasteiger partial charge in [-0.2, -0.15) is 0 Å². The van der Waals surface area contributed by atoms with Crippen LogP contribution in [-0.4, -0.2) is 32.8 Å². The Kier molecular flexibility index (Phi) is 22.8. The van der Waals surface area contributed by atoms with Crippen molar-refractivity contribution in [3.8, 4) is 0 Å². The largest absolute Gasteiger partial charge is 0.132 e. The first kappa shape index (κ1) is 39.5. The molecule has 0 aromatic heterocycles. The Morgan fingerprint density at radius 3 is 1.22 bits per heavy atom. The van der Waals surface area contributed by atoms with E-state index in [1.54, 1.807) is 0 Å². The van der Waals surface area contributed by atoms with E-state index in [0.717, 1.165) is 11.3 Å². The lowest BCUT2D eigenvalue weighted by Crippen LogP contribution is -2.17. The Bertz CT molecular complexity index is 673. The van der Waals surface area contributed by atoms with Crippen LogP contribution in [0.25, 0.3) is 0 Å². The number of hydrogen-bond donors (Lipinski definition) is 0. The van der Waals surface area contributed by atoms with Crippen LogP contribution < -0.4 is 0 Å². The third-order valence-corrected chi connectivity index (χ3v) is 30.5. The van der Waals surface area contributed by atoms with Gasteiger partial charge in [-0.1, -0.05) is 167 Å². The lowest BCUT2D eigenvalue weighted by atomic mass is 10.0. The first-order chi connectivity index (χ1) is 19.9. The molecule has 4 unspecified atom stereocenters. The summed E-state index contributed by atoms with van der Waals surface area (Å²) in [7, 11) is 0. The molecular formula is C34H68P2S5. The molecule has 0 radical (unpaired) electrons. The summed E-state index contributed by atoms with van der Waals surface area (Å²) in [5.41, 5.74) is 1.71. The van der Waals surface area contributed by atoms with Crippen LogP contribution >= 0.6 is 45.0 Å². The van der Waals surface area contributed by atoms with Gasteiger partial charge in [-0.3, -0.25) is 0 Å². The van der Waals surface area contributed by atoms with Crippen LogP contribution in [0.15, 0.2) is 0 Å². The van der Waals surface area contributed by atoms with E-state index in [4.69, 9.17) is 23.6 Å². The molecule has 0 aromatic rings. The summed E-state index contributed by atoms with van der Waals surface area (Å²) in [5.74, 6) is 0. The SMILES string of the molecule is CCCCCCCC(SC(CCCCCCC)SP(=S)(CCC)C1CCCCC1)SP(=S)(CCC)C1CCCCC1. The maximum Gasteiger partial charge on any atom is 0.0562 e. The van der Waals surface area contributed by atoms with Gasteiger partial charge in [-0.25, -0.2) is 0 Å². The van der Waals surface area contributed by atoms with Gasteiger partial charge < -0.3 is 0 Å². The van der Waals surface area contributed by atoms with E-state index in [1.807, 2.05) is 0 Å². The van der Waals surface area contributed by atoms with E-state index in [2.05, 4.69) is 62.2 Å². The molecule has 2 rings (SSSR count). The van der Waals surface area contributed by atoms with E-state index < -0.39 is 10.5 Å². The van der Waals surface area contributed by atoms with Crippen molar-refractivity contribution in [3.63, 3.8) is 0 Å². The number of rotatable bonds is 24. The summed E-state index contributed by atoms with van der Waals surface area (Å²) in [4.78, 5) is 0. The molecule has 2 aliphatic rings. The van der Waals surface area contributed by atoms with Gasteiger partial charge in [0.15, 0.2) is 0 Å². The van der Waals surface area contributed by atoms with Crippen molar-refractivity contribution < 1.29 is 0 Å². The van der Waals surface area contributed by atoms with Gasteiger partial charge in [0.1, 0.15) is 0 Å². The van der Waals surface area contributed by atoms with Crippen LogP contribution in [-0.2, 0) is 23.6 Å². The Hall–Kier alpha value is 2.35. The second-order valence-electron chi connectivity index (χ2n) is 13.1. The molecule has 0 spiro atoms. The lowest BCUT2D eigenvalue weighted by molar-refractivity contribution is 0.512. The molecule has 0 nitrogen and oxygen atoms in total. The van der Waals surface area contributed by atoms with Gasteiger partial charge in [0, 0.05) is 10.5 Å². The van der Waals surface area contributed by atoms with Crippen molar-refractivity contribution in [2.24, 2.45) is 0 Å².